The second-order valence-electron chi connectivity index (χ2n) is 8.59. The van der Waals surface area contributed by atoms with Crippen molar-refractivity contribution in [2.45, 2.75) is 20.0 Å². The normalized spacial score (nSPS) is 10.9. The van der Waals surface area contributed by atoms with Crippen LogP contribution in [0.3, 0.4) is 0 Å². The van der Waals surface area contributed by atoms with E-state index >= 15 is 0 Å². The van der Waals surface area contributed by atoms with Gasteiger partial charge in [-0.15, -0.1) is 12.4 Å². The van der Waals surface area contributed by atoms with E-state index in [0.29, 0.717) is 18.7 Å². The first-order chi connectivity index (χ1) is 17.0. The number of nitriles is 1. The lowest BCUT2D eigenvalue weighted by molar-refractivity contribution is 0.402. The molecule has 0 amide bonds. The van der Waals surface area contributed by atoms with Crippen LogP contribution in [-0.2, 0) is 13.1 Å². The fourth-order valence-corrected chi connectivity index (χ4v) is 4.06. The average Bonchev–Trinajstić information content (AvgIpc) is 3.49. The first kappa shape index (κ1) is 24.9. The molecule has 4 heterocycles. The fraction of sp³-hybridized carbons (Fsp3) is 0.192. The summed E-state index contributed by atoms with van der Waals surface area (Å²) in [6.07, 6.45) is 3.45. The Balaban J connectivity index is 0.00000304. The van der Waals surface area contributed by atoms with Gasteiger partial charge in [-0.1, -0.05) is 12.1 Å². The number of halogens is 1. The van der Waals surface area contributed by atoms with Gasteiger partial charge in [-0.3, -0.25) is 4.98 Å². The van der Waals surface area contributed by atoms with Gasteiger partial charge >= 0.3 is 0 Å². The van der Waals surface area contributed by atoms with Gasteiger partial charge in [0.2, 0.25) is 0 Å². The van der Waals surface area contributed by atoms with Crippen molar-refractivity contribution in [1.82, 2.24) is 34.4 Å². The van der Waals surface area contributed by atoms with Crippen LogP contribution in [0.15, 0.2) is 61.1 Å². The van der Waals surface area contributed by atoms with Crippen molar-refractivity contribution in [3.8, 4) is 28.7 Å². The Kier molecular flexibility index (Phi) is 7.29. The number of nitrogens with zero attached hydrogens (tertiary/aromatic N) is 7. The summed E-state index contributed by atoms with van der Waals surface area (Å²) in [4.78, 5) is 19.4. The molecule has 0 fully saturated rings. The summed E-state index contributed by atoms with van der Waals surface area (Å²) in [7, 11) is 3.98. The molecule has 0 unspecified atom stereocenters. The summed E-state index contributed by atoms with van der Waals surface area (Å²) < 4.78 is 1.73. The Morgan fingerprint density at radius 2 is 1.92 bits per heavy atom. The minimum atomic E-state index is 0. The van der Waals surface area contributed by atoms with Crippen LogP contribution in [-0.4, -0.2) is 48.5 Å². The topological polar surface area (TPSA) is 111 Å². The summed E-state index contributed by atoms with van der Waals surface area (Å²) in [6, 6.07) is 17.9. The predicted molar refractivity (Wildman–Crippen MR) is 142 cm³/mol. The van der Waals surface area contributed by atoms with E-state index in [4.69, 9.17) is 9.97 Å². The second-order valence-corrected chi connectivity index (χ2v) is 8.59. The van der Waals surface area contributed by atoms with Crippen LogP contribution >= 0.6 is 12.4 Å². The van der Waals surface area contributed by atoms with Crippen LogP contribution < -0.4 is 5.32 Å². The Morgan fingerprint density at radius 1 is 1.08 bits per heavy atom. The minimum absolute atomic E-state index is 0. The molecular weight excluding hydrogens is 474 g/mol. The molecule has 0 saturated carbocycles. The van der Waals surface area contributed by atoms with Crippen molar-refractivity contribution in [2.24, 2.45) is 0 Å². The molecule has 36 heavy (non-hydrogen) atoms. The van der Waals surface area contributed by atoms with Crippen LogP contribution in [0, 0.1) is 18.3 Å². The smallest absolute Gasteiger partial charge is 0.155 e. The molecule has 0 bridgehead atoms. The number of aryl methyl sites for hydroxylation is 1. The van der Waals surface area contributed by atoms with E-state index in [1.54, 1.807) is 4.52 Å². The summed E-state index contributed by atoms with van der Waals surface area (Å²) in [5, 5.41) is 17.3. The fourth-order valence-electron chi connectivity index (χ4n) is 4.06. The lowest BCUT2D eigenvalue weighted by atomic mass is 10.1. The third-order valence-electron chi connectivity index (χ3n) is 5.66. The molecule has 0 radical (unpaired) electrons. The number of rotatable bonds is 7. The Labute approximate surface area is 215 Å². The maximum atomic E-state index is 9.58. The SMILES string of the molecule is Cc1cccc(-c2[nH]c(CNc3cccc(C#N)c3CN(C)C)nc2-c2ccc3ncnn3c2)n1.Cl. The van der Waals surface area contributed by atoms with E-state index in [9.17, 15) is 5.26 Å². The molecule has 1 aromatic carbocycles. The van der Waals surface area contributed by atoms with E-state index in [2.05, 4.69) is 26.5 Å². The van der Waals surface area contributed by atoms with Crippen LogP contribution in [0.5, 0.6) is 0 Å². The molecule has 10 heteroatoms. The Morgan fingerprint density at radius 3 is 2.69 bits per heavy atom. The molecule has 0 aliphatic rings. The number of anilines is 1. The summed E-state index contributed by atoms with van der Waals surface area (Å²) in [5.41, 5.74) is 7.58. The molecule has 0 saturated heterocycles. The highest BCUT2D eigenvalue weighted by molar-refractivity contribution is 5.85. The number of H-pyrrole nitrogens is 1. The number of imidazole rings is 1. The van der Waals surface area contributed by atoms with Gasteiger partial charge in [0.1, 0.15) is 12.2 Å². The molecule has 0 aliphatic heterocycles. The van der Waals surface area contributed by atoms with Crippen molar-refractivity contribution >= 4 is 23.7 Å². The third kappa shape index (κ3) is 5.05. The number of fused-ring (bicyclic) bond motifs is 1. The first-order valence-electron chi connectivity index (χ1n) is 11.2. The predicted octanol–water partition coefficient (Wildman–Crippen LogP) is 4.46. The summed E-state index contributed by atoms with van der Waals surface area (Å²) >= 11 is 0. The minimum Gasteiger partial charge on any atom is -0.378 e. The molecule has 2 N–H and O–H groups in total. The highest BCUT2D eigenvalue weighted by Gasteiger charge is 2.17. The molecule has 4 aromatic heterocycles. The number of hydrogen-bond acceptors (Lipinski definition) is 7. The van der Waals surface area contributed by atoms with Crippen LogP contribution in [0.1, 0.15) is 22.6 Å². The van der Waals surface area contributed by atoms with Crippen LogP contribution in [0.4, 0.5) is 5.69 Å². The van der Waals surface area contributed by atoms with Crippen molar-refractivity contribution in [3.05, 3.63) is 83.7 Å². The zero-order chi connectivity index (χ0) is 24.4. The van der Waals surface area contributed by atoms with Gasteiger partial charge in [-0.2, -0.15) is 10.4 Å². The molecule has 0 spiro atoms. The molecular formula is C26H26ClN9. The van der Waals surface area contributed by atoms with Crippen molar-refractivity contribution in [2.75, 3.05) is 19.4 Å². The van der Waals surface area contributed by atoms with Gasteiger partial charge in [0, 0.05) is 35.2 Å². The Bertz CT molecular complexity index is 1540. The molecule has 0 aliphatic carbocycles. The maximum Gasteiger partial charge on any atom is 0.155 e. The summed E-state index contributed by atoms with van der Waals surface area (Å²) in [6.45, 7) is 3.09. The highest BCUT2D eigenvalue weighted by atomic mass is 35.5. The number of aromatic amines is 1. The van der Waals surface area contributed by atoms with E-state index in [1.807, 2.05) is 80.6 Å². The number of benzene rings is 1. The lowest BCUT2D eigenvalue weighted by Gasteiger charge is -2.16. The van der Waals surface area contributed by atoms with E-state index in [1.165, 1.54) is 6.33 Å². The van der Waals surface area contributed by atoms with Gasteiger partial charge in [0.15, 0.2) is 5.65 Å². The third-order valence-corrected chi connectivity index (χ3v) is 5.66. The van der Waals surface area contributed by atoms with Gasteiger partial charge in [0.25, 0.3) is 0 Å². The van der Waals surface area contributed by atoms with Gasteiger partial charge in [-0.05, 0) is 57.4 Å². The number of nitrogens with one attached hydrogen (secondary N) is 2. The second kappa shape index (κ2) is 10.6. The monoisotopic (exact) mass is 499 g/mol. The highest BCUT2D eigenvalue weighted by Crippen LogP contribution is 2.30. The van der Waals surface area contributed by atoms with Gasteiger partial charge in [-0.25, -0.2) is 14.5 Å². The van der Waals surface area contributed by atoms with Gasteiger partial charge < -0.3 is 15.2 Å². The molecule has 182 valence electrons. The zero-order valence-corrected chi connectivity index (χ0v) is 21.0. The quantitative estimate of drug-likeness (QED) is 0.340. The van der Waals surface area contributed by atoms with E-state index in [-0.39, 0.29) is 12.4 Å². The van der Waals surface area contributed by atoms with Crippen molar-refractivity contribution < 1.29 is 0 Å². The van der Waals surface area contributed by atoms with Gasteiger partial charge in [0.05, 0.1) is 35.3 Å². The van der Waals surface area contributed by atoms with Crippen LogP contribution in [0.25, 0.3) is 28.3 Å². The molecule has 5 rings (SSSR count). The molecule has 9 nitrogen and oxygen atoms in total. The standard InChI is InChI=1S/C26H25N9.ClH/c1-17-6-4-9-22(31-17)26-25(19-10-11-24-29-16-30-35(24)14-19)32-23(33-26)13-28-21-8-5-7-18(12-27)20(21)15-34(2)3;/h4-11,14,16,28H,13,15H2,1-3H3,(H,32,33);1H. The molecule has 0 atom stereocenters. The van der Waals surface area contributed by atoms with Crippen molar-refractivity contribution in [3.63, 3.8) is 0 Å². The van der Waals surface area contributed by atoms with Crippen molar-refractivity contribution in [1.29, 1.82) is 5.26 Å². The Hall–Kier alpha value is -4.26. The maximum absolute atomic E-state index is 9.58. The molecule has 5 aromatic rings. The average molecular weight is 500 g/mol. The van der Waals surface area contributed by atoms with E-state index < -0.39 is 0 Å². The first-order valence-corrected chi connectivity index (χ1v) is 11.2. The largest absolute Gasteiger partial charge is 0.378 e. The number of pyridine rings is 2. The summed E-state index contributed by atoms with van der Waals surface area (Å²) in [5.74, 6) is 0.759. The number of hydrogen-bond donors (Lipinski definition) is 2. The van der Waals surface area contributed by atoms with E-state index in [0.717, 1.165) is 51.1 Å². The number of aromatic nitrogens is 6. The zero-order valence-electron chi connectivity index (χ0n) is 20.2. The van der Waals surface area contributed by atoms with Crippen LogP contribution in [0.2, 0.25) is 0 Å². The lowest BCUT2D eigenvalue weighted by Crippen LogP contribution is -2.14.